The van der Waals surface area contributed by atoms with Crippen molar-refractivity contribution in [1.29, 1.82) is 0 Å². The monoisotopic (exact) mass is 309 g/mol. The summed E-state index contributed by atoms with van der Waals surface area (Å²) in [6, 6.07) is 6.81. The number of para-hydroxylation sites is 1. The summed E-state index contributed by atoms with van der Waals surface area (Å²) in [7, 11) is -3.61. The van der Waals surface area contributed by atoms with Gasteiger partial charge in [0.2, 0.25) is 10.0 Å². The lowest BCUT2D eigenvalue weighted by Gasteiger charge is -2.12. The van der Waals surface area contributed by atoms with Gasteiger partial charge in [-0.15, -0.1) is 10.2 Å². The van der Waals surface area contributed by atoms with Crippen LogP contribution in [0.3, 0.4) is 0 Å². The Morgan fingerprint density at radius 2 is 2.00 bits per heavy atom. The number of rotatable bonds is 7. The van der Waals surface area contributed by atoms with Crippen LogP contribution < -0.4 is 10.0 Å². The molecule has 0 aliphatic heterocycles. The number of nitrogens with one attached hydrogen (secondary N) is 2. The zero-order chi connectivity index (χ0) is 15.3. The van der Waals surface area contributed by atoms with Crippen LogP contribution in [0.15, 0.2) is 35.5 Å². The molecule has 0 aliphatic rings. The summed E-state index contributed by atoms with van der Waals surface area (Å²) in [4.78, 5) is 0.231. The van der Waals surface area contributed by atoms with Crippen molar-refractivity contribution >= 4 is 15.7 Å². The first-order chi connectivity index (χ1) is 10.1. The lowest BCUT2D eigenvalue weighted by atomic mass is 10.3. The van der Waals surface area contributed by atoms with E-state index in [1.54, 1.807) is 35.2 Å². The van der Waals surface area contributed by atoms with Crippen molar-refractivity contribution in [2.75, 3.05) is 11.9 Å². The van der Waals surface area contributed by atoms with E-state index in [9.17, 15) is 8.42 Å². The van der Waals surface area contributed by atoms with Gasteiger partial charge in [-0.05, 0) is 26.0 Å². The Hall–Kier alpha value is -1.93. The fraction of sp³-hybridized carbons (Fsp3) is 0.385. The third kappa shape index (κ3) is 3.59. The number of nitrogens with zero attached hydrogens (tertiary/aromatic N) is 3. The molecule has 0 aliphatic carbocycles. The standard InChI is InChI=1S/C13H19N5O2S/c1-3-14-11-7-5-6-8-12(11)21(19,20)16-9-13-17-15-10-18(13)4-2/h5-8,10,14,16H,3-4,9H2,1-2H3. The minimum atomic E-state index is -3.61. The minimum Gasteiger partial charge on any atom is -0.384 e. The highest BCUT2D eigenvalue weighted by atomic mass is 32.2. The first-order valence-corrected chi connectivity index (χ1v) is 8.26. The van der Waals surface area contributed by atoms with Crippen molar-refractivity contribution < 1.29 is 8.42 Å². The SMILES string of the molecule is CCNc1ccccc1S(=O)(=O)NCc1nncn1CC. The van der Waals surface area contributed by atoms with Gasteiger partial charge in [0.1, 0.15) is 17.0 Å². The number of anilines is 1. The summed E-state index contributed by atoms with van der Waals surface area (Å²) in [6.45, 7) is 5.31. The topological polar surface area (TPSA) is 88.9 Å². The van der Waals surface area contributed by atoms with Gasteiger partial charge in [0.15, 0.2) is 0 Å². The van der Waals surface area contributed by atoms with Crippen LogP contribution >= 0.6 is 0 Å². The molecule has 21 heavy (non-hydrogen) atoms. The van der Waals surface area contributed by atoms with Gasteiger partial charge < -0.3 is 9.88 Å². The average Bonchev–Trinajstić information content (AvgIpc) is 2.93. The molecule has 0 unspecified atom stereocenters. The molecule has 1 aromatic carbocycles. The van der Waals surface area contributed by atoms with Crippen molar-refractivity contribution in [2.45, 2.75) is 31.8 Å². The van der Waals surface area contributed by atoms with Gasteiger partial charge >= 0.3 is 0 Å². The summed E-state index contributed by atoms with van der Waals surface area (Å²) >= 11 is 0. The Kier molecular flexibility index (Phi) is 4.92. The van der Waals surface area contributed by atoms with Crippen LogP contribution in [-0.2, 0) is 23.1 Å². The molecule has 0 amide bonds. The van der Waals surface area contributed by atoms with E-state index >= 15 is 0 Å². The molecular weight excluding hydrogens is 290 g/mol. The van der Waals surface area contributed by atoms with E-state index in [1.165, 1.54) is 0 Å². The van der Waals surface area contributed by atoms with E-state index < -0.39 is 10.0 Å². The van der Waals surface area contributed by atoms with Crippen LogP contribution in [0.2, 0.25) is 0 Å². The maximum absolute atomic E-state index is 12.4. The second-order valence-corrected chi connectivity index (χ2v) is 6.12. The molecule has 0 atom stereocenters. The summed E-state index contributed by atoms with van der Waals surface area (Å²) < 4.78 is 29.2. The molecule has 0 fully saturated rings. The summed E-state index contributed by atoms with van der Waals surface area (Å²) in [5, 5.41) is 10.7. The second-order valence-electron chi connectivity index (χ2n) is 4.38. The zero-order valence-corrected chi connectivity index (χ0v) is 12.9. The van der Waals surface area contributed by atoms with E-state index in [4.69, 9.17) is 0 Å². The van der Waals surface area contributed by atoms with Crippen LogP contribution in [0.25, 0.3) is 0 Å². The highest BCUT2D eigenvalue weighted by Gasteiger charge is 2.18. The Labute approximate surface area is 124 Å². The molecular formula is C13H19N5O2S. The third-order valence-corrected chi connectivity index (χ3v) is 4.46. The zero-order valence-electron chi connectivity index (χ0n) is 12.1. The largest absolute Gasteiger partial charge is 0.384 e. The van der Waals surface area contributed by atoms with Crippen LogP contribution in [0.4, 0.5) is 5.69 Å². The minimum absolute atomic E-state index is 0.108. The Bertz CT molecular complexity index is 696. The predicted molar refractivity (Wildman–Crippen MR) is 80.3 cm³/mol. The van der Waals surface area contributed by atoms with Crippen molar-refractivity contribution in [3.63, 3.8) is 0 Å². The summed E-state index contributed by atoms with van der Waals surface area (Å²) in [5.41, 5.74) is 0.587. The maximum Gasteiger partial charge on any atom is 0.243 e. The highest BCUT2D eigenvalue weighted by molar-refractivity contribution is 7.89. The Morgan fingerprint density at radius 3 is 2.71 bits per heavy atom. The number of aromatic nitrogens is 3. The van der Waals surface area contributed by atoms with Crippen molar-refractivity contribution in [1.82, 2.24) is 19.5 Å². The van der Waals surface area contributed by atoms with Gasteiger partial charge in [-0.25, -0.2) is 13.1 Å². The first kappa shape index (κ1) is 15.5. The summed E-state index contributed by atoms with van der Waals surface area (Å²) in [5.74, 6) is 0.585. The first-order valence-electron chi connectivity index (χ1n) is 6.77. The molecule has 0 spiro atoms. The molecule has 1 heterocycles. The van der Waals surface area contributed by atoms with Crippen LogP contribution in [0.5, 0.6) is 0 Å². The normalized spacial score (nSPS) is 11.5. The average molecular weight is 309 g/mol. The molecule has 114 valence electrons. The predicted octanol–water partition coefficient (Wildman–Crippen LogP) is 1.21. The molecule has 7 nitrogen and oxygen atoms in total. The van der Waals surface area contributed by atoms with Crippen LogP contribution in [-0.4, -0.2) is 29.7 Å². The molecule has 0 saturated heterocycles. The fourth-order valence-corrected chi connectivity index (χ4v) is 3.12. The van der Waals surface area contributed by atoms with E-state index in [1.807, 2.05) is 13.8 Å². The molecule has 8 heteroatoms. The lowest BCUT2D eigenvalue weighted by Crippen LogP contribution is -2.26. The second kappa shape index (κ2) is 6.68. The van der Waals surface area contributed by atoms with Crippen molar-refractivity contribution in [3.8, 4) is 0 Å². The van der Waals surface area contributed by atoms with Crippen LogP contribution in [0.1, 0.15) is 19.7 Å². The highest BCUT2D eigenvalue weighted by Crippen LogP contribution is 2.20. The fourth-order valence-electron chi connectivity index (χ4n) is 1.95. The Morgan fingerprint density at radius 1 is 1.24 bits per heavy atom. The van der Waals surface area contributed by atoms with Gasteiger partial charge in [-0.1, -0.05) is 12.1 Å². The smallest absolute Gasteiger partial charge is 0.243 e. The summed E-state index contributed by atoms with van der Waals surface area (Å²) in [6.07, 6.45) is 1.58. The van der Waals surface area contributed by atoms with E-state index in [0.29, 0.717) is 24.6 Å². The molecule has 2 aromatic rings. The maximum atomic E-state index is 12.4. The van der Waals surface area contributed by atoms with Crippen molar-refractivity contribution in [3.05, 3.63) is 36.4 Å². The van der Waals surface area contributed by atoms with Gasteiger partial charge in [0, 0.05) is 13.1 Å². The third-order valence-electron chi connectivity index (χ3n) is 3.00. The number of benzene rings is 1. The van der Waals surface area contributed by atoms with E-state index in [2.05, 4.69) is 20.2 Å². The lowest BCUT2D eigenvalue weighted by molar-refractivity contribution is 0.575. The molecule has 0 radical (unpaired) electrons. The van der Waals surface area contributed by atoms with Gasteiger partial charge in [0.05, 0.1) is 12.2 Å². The quantitative estimate of drug-likeness (QED) is 0.802. The van der Waals surface area contributed by atoms with Gasteiger partial charge in [-0.2, -0.15) is 0 Å². The molecule has 2 rings (SSSR count). The molecule has 2 N–H and O–H groups in total. The molecule has 0 bridgehead atoms. The van der Waals surface area contributed by atoms with E-state index in [-0.39, 0.29) is 11.4 Å². The Balaban J connectivity index is 2.19. The van der Waals surface area contributed by atoms with Crippen molar-refractivity contribution in [2.24, 2.45) is 0 Å². The number of aryl methyl sites for hydroxylation is 1. The van der Waals surface area contributed by atoms with Gasteiger partial charge in [0.25, 0.3) is 0 Å². The van der Waals surface area contributed by atoms with E-state index in [0.717, 1.165) is 0 Å². The van der Waals surface area contributed by atoms with Gasteiger partial charge in [-0.3, -0.25) is 0 Å². The number of sulfonamides is 1. The molecule has 0 saturated carbocycles. The molecule has 1 aromatic heterocycles. The number of hydrogen-bond acceptors (Lipinski definition) is 5. The van der Waals surface area contributed by atoms with Crippen LogP contribution in [0, 0.1) is 0 Å². The number of hydrogen-bond donors (Lipinski definition) is 2.